The van der Waals surface area contributed by atoms with Gasteiger partial charge in [-0.3, -0.25) is 14.2 Å². The smallest absolute Gasteiger partial charge is 0.352 e. The van der Waals surface area contributed by atoms with E-state index in [1.54, 1.807) is 6.92 Å². The standard InChI is InChI=1S/C15H21N3O8/c1-2-25-11(21)4-3-9(20)15(13(23)12(22)8(7-19)26-15)18-6-5-10(16)17-14(18)24/h5-6,8,12-13,19,22-23H,2-4,7H2,1H3,(H2,16,17,24)/t8-,12-,13-,15-/m1/s1. The highest BCUT2D eigenvalue weighted by Crippen LogP contribution is 2.37. The van der Waals surface area contributed by atoms with Crippen molar-refractivity contribution in [1.82, 2.24) is 9.55 Å². The summed E-state index contributed by atoms with van der Waals surface area (Å²) in [5, 5.41) is 29.8. The first-order valence-electron chi connectivity index (χ1n) is 7.97. The molecule has 0 radical (unpaired) electrons. The van der Waals surface area contributed by atoms with Gasteiger partial charge in [-0.2, -0.15) is 4.98 Å². The third-order valence-electron chi connectivity index (χ3n) is 4.06. The SMILES string of the molecule is CCOC(=O)CCC(=O)[C@@]1(n2ccc(N)nc2=O)O[C@H](CO)[C@@H](O)[C@H]1O. The van der Waals surface area contributed by atoms with E-state index in [1.165, 1.54) is 6.07 Å². The number of aliphatic hydroxyl groups excluding tert-OH is 3. The summed E-state index contributed by atoms with van der Waals surface area (Å²) in [6.07, 6.45) is -4.50. The van der Waals surface area contributed by atoms with E-state index in [9.17, 15) is 29.7 Å². The molecular formula is C15H21N3O8. The molecule has 144 valence electrons. The van der Waals surface area contributed by atoms with Crippen LogP contribution >= 0.6 is 0 Å². The summed E-state index contributed by atoms with van der Waals surface area (Å²) < 4.78 is 10.9. The van der Waals surface area contributed by atoms with E-state index in [1.807, 2.05) is 0 Å². The third kappa shape index (κ3) is 3.46. The topological polar surface area (TPSA) is 174 Å². The summed E-state index contributed by atoms with van der Waals surface area (Å²) in [6, 6.07) is 1.20. The summed E-state index contributed by atoms with van der Waals surface area (Å²) in [7, 11) is 0. The highest BCUT2D eigenvalue weighted by atomic mass is 16.6. The molecule has 0 saturated carbocycles. The number of hydrogen-bond acceptors (Lipinski definition) is 10. The van der Waals surface area contributed by atoms with Crippen LogP contribution in [0, 0.1) is 0 Å². The number of rotatable bonds is 7. The minimum absolute atomic E-state index is 0.118. The number of esters is 1. The maximum absolute atomic E-state index is 12.8. The van der Waals surface area contributed by atoms with Crippen molar-refractivity contribution in [2.45, 2.75) is 43.8 Å². The zero-order chi connectivity index (χ0) is 19.5. The summed E-state index contributed by atoms with van der Waals surface area (Å²) in [4.78, 5) is 40.0. The number of hydrogen-bond donors (Lipinski definition) is 4. The van der Waals surface area contributed by atoms with Gasteiger partial charge in [0.25, 0.3) is 0 Å². The van der Waals surface area contributed by atoms with E-state index >= 15 is 0 Å². The van der Waals surface area contributed by atoms with Gasteiger partial charge in [0.1, 0.15) is 24.1 Å². The van der Waals surface area contributed by atoms with Crippen LogP contribution in [0.25, 0.3) is 0 Å². The molecule has 26 heavy (non-hydrogen) atoms. The number of aliphatic hydroxyl groups is 3. The van der Waals surface area contributed by atoms with Gasteiger partial charge in [0.15, 0.2) is 5.78 Å². The maximum Gasteiger partial charge on any atom is 0.352 e. The van der Waals surface area contributed by atoms with Gasteiger partial charge in [-0.05, 0) is 13.0 Å². The van der Waals surface area contributed by atoms with Crippen LogP contribution in [0.1, 0.15) is 19.8 Å². The van der Waals surface area contributed by atoms with Crippen LogP contribution < -0.4 is 11.4 Å². The van der Waals surface area contributed by atoms with Gasteiger partial charge >= 0.3 is 11.7 Å². The fourth-order valence-electron chi connectivity index (χ4n) is 2.81. The monoisotopic (exact) mass is 371 g/mol. The van der Waals surface area contributed by atoms with Gasteiger partial charge in [-0.25, -0.2) is 4.79 Å². The van der Waals surface area contributed by atoms with E-state index in [-0.39, 0.29) is 18.8 Å². The molecule has 1 aliphatic rings. The Kier molecular flexibility index (Phi) is 6.08. The molecule has 11 nitrogen and oxygen atoms in total. The lowest BCUT2D eigenvalue weighted by atomic mass is 9.95. The molecule has 4 atom stereocenters. The van der Waals surface area contributed by atoms with Gasteiger partial charge in [0.05, 0.1) is 19.6 Å². The molecule has 2 rings (SSSR count). The van der Waals surface area contributed by atoms with E-state index in [4.69, 9.17) is 15.2 Å². The van der Waals surface area contributed by atoms with Crippen LogP contribution in [0.4, 0.5) is 5.82 Å². The minimum atomic E-state index is -2.35. The lowest BCUT2D eigenvalue weighted by molar-refractivity contribution is -0.177. The van der Waals surface area contributed by atoms with Crippen molar-refractivity contribution in [3.05, 3.63) is 22.7 Å². The molecule has 5 N–H and O–H groups in total. The van der Waals surface area contributed by atoms with Crippen molar-refractivity contribution in [2.24, 2.45) is 0 Å². The third-order valence-corrected chi connectivity index (χ3v) is 4.06. The van der Waals surface area contributed by atoms with Crippen LogP contribution in [0.5, 0.6) is 0 Å². The van der Waals surface area contributed by atoms with E-state index in [0.717, 1.165) is 6.20 Å². The number of carbonyl (C=O) groups is 2. The quantitative estimate of drug-likeness (QED) is 0.375. The molecule has 0 spiro atoms. The fourth-order valence-corrected chi connectivity index (χ4v) is 2.81. The molecule has 1 fully saturated rings. The number of nitrogen functional groups attached to an aromatic ring is 1. The summed E-state index contributed by atoms with van der Waals surface area (Å²) >= 11 is 0. The van der Waals surface area contributed by atoms with Crippen molar-refractivity contribution in [2.75, 3.05) is 18.9 Å². The molecule has 0 aromatic carbocycles. The van der Waals surface area contributed by atoms with Gasteiger partial charge < -0.3 is 30.5 Å². The van der Waals surface area contributed by atoms with Crippen LogP contribution in [-0.4, -0.2) is 68.1 Å². The average molecular weight is 371 g/mol. The number of ketones is 1. The molecule has 0 amide bonds. The minimum Gasteiger partial charge on any atom is -0.466 e. The van der Waals surface area contributed by atoms with Crippen LogP contribution in [-0.2, 0) is 24.8 Å². The largest absolute Gasteiger partial charge is 0.466 e. The summed E-state index contributed by atoms with van der Waals surface area (Å²) in [5.41, 5.74) is 2.08. The first-order chi connectivity index (χ1) is 12.3. The normalized spacial score (nSPS) is 28.1. The number of Topliss-reactive ketones (excluding diaryl/α,β-unsaturated/α-hetero) is 1. The first kappa shape index (κ1) is 20.0. The van der Waals surface area contributed by atoms with Gasteiger partial charge in [-0.1, -0.05) is 0 Å². The molecule has 0 aliphatic carbocycles. The average Bonchev–Trinajstić information content (AvgIpc) is 2.85. The molecule has 1 aliphatic heterocycles. The Balaban J connectivity index is 2.45. The van der Waals surface area contributed by atoms with E-state index in [0.29, 0.717) is 4.57 Å². The number of carbonyl (C=O) groups excluding carboxylic acids is 2. The van der Waals surface area contributed by atoms with Crippen molar-refractivity contribution in [3.63, 3.8) is 0 Å². The van der Waals surface area contributed by atoms with Gasteiger partial charge in [0.2, 0.25) is 5.72 Å². The first-order valence-corrected chi connectivity index (χ1v) is 7.97. The Morgan fingerprint density at radius 3 is 2.65 bits per heavy atom. The molecule has 1 saturated heterocycles. The lowest BCUT2D eigenvalue weighted by Gasteiger charge is -2.32. The van der Waals surface area contributed by atoms with Crippen LogP contribution in [0.2, 0.25) is 0 Å². The molecule has 11 heteroatoms. The second-order valence-corrected chi connectivity index (χ2v) is 5.70. The zero-order valence-corrected chi connectivity index (χ0v) is 14.1. The molecule has 0 unspecified atom stereocenters. The number of ether oxygens (including phenoxy) is 2. The number of nitrogens with zero attached hydrogens (tertiary/aromatic N) is 2. The predicted molar refractivity (Wildman–Crippen MR) is 85.7 cm³/mol. The Hall–Kier alpha value is -2.34. The Morgan fingerprint density at radius 2 is 2.12 bits per heavy atom. The molecule has 0 bridgehead atoms. The van der Waals surface area contributed by atoms with Crippen LogP contribution in [0.3, 0.4) is 0 Å². The number of anilines is 1. The van der Waals surface area contributed by atoms with E-state index < -0.39 is 54.5 Å². The van der Waals surface area contributed by atoms with Crippen molar-refractivity contribution < 1.29 is 34.4 Å². The Bertz CT molecular complexity index is 736. The van der Waals surface area contributed by atoms with Crippen LogP contribution in [0.15, 0.2) is 17.1 Å². The second kappa shape index (κ2) is 7.91. The fraction of sp³-hybridized carbons (Fsp3) is 0.600. The highest BCUT2D eigenvalue weighted by Gasteiger charge is 2.60. The predicted octanol–water partition coefficient (Wildman–Crippen LogP) is -2.50. The lowest BCUT2D eigenvalue weighted by Crippen LogP contribution is -2.56. The number of aromatic nitrogens is 2. The van der Waals surface area contributed by atoms with Crippen molar-refractivity contribution in [1.29, 1.82) is 0 Å². The van der Waals surface area contributed by atoms with Crippen molar-refractivity contribution in [3.8, 4) is 0 Å². The summed E-state index contributed by atoms with van der Waals surface area (Å²) in [6.45, 7) is 1.03. The van der Waals surface area contributed by atoms with E-state index in [2.05, 4.69) is 4.98 Å². The number of nitrogens with two attached hydrogens (primary N) is 1. The maximum atomic E-state index is 12.8. The second-order valence-electron chi connectivity index (χ2n) is 5.70. The van der Waals surface area contributed by atoms with Crippen molar-refractivity contribution >= 4 is 17.6 Å². The molecule has 1 aromatic heterocycles. The molecular weight excluding hydrogens is 350 g/mol. The summed E-state index contributed by atoms with van der Waals surface area (Å²) in [5.74, 6) is -1.63. The Labute approximate surface area is 148 Å². The molecule has 2 heterocycles. The highest BCUT2D eigenvalue weighted by molar-refractivity contribution is 5.89. The zero-order valence-electron chi connectivity index (χ0n) is 14.1. The Morgan fingerprint density at radius 1 is 1.42 bits per heavy atom. The molecule has 1 aromatic rings. The van der Waals surface area contributed by atoms with Gasteiger partial charge in [-0.15, -0.1) is 0 Å². The van der Waals surface area contributed by atoms with Gasteiger partial charge in [0, 0.05) is 12.6 Å².